The summed E-state index contributed by atoms with van der Waals surface area (Å²) in [4.78, 5) is 11.9. The number of rotatable bonds is 2. The van der Waals surface area contributed by atoms with Gasteiger partial charge in [0.25, 0.3) is 10.9 Å². The fraction of sp³-hybridized carbons (Fsp3) is 0.0909. The number of hydrogen-bond donors (Lipinski definition) is 1. The monoisotopic (exact) mass is 494 g/mol. The average molecular weight is 495 g/mol. The fourth-order valence-electron chi connectivity index (χ4n) is 1.74. The number of nitrogens with zero attached hydrogens (tertiary/aromatic N) is 5. The summed E-state index contributed by atoms with van der Waals surface area (Å²) in [5.74, 6) is 0.390. The van der Waals surface area contributed by atoms with Gasteiger partial charge in [-0.1, -0.05) is 15.9 Å². The molecule has 2 heterocycles. The standard InChI is InChI=1S/C11H8BrIN6O2S/c1-22(20,21)11-16-9(14)19-10(17-11)15-8(18-19)6-3-2-5(12)4-7(6)13/h2-4H,1H3,(H2,14,15,16,17,18). The third-order valence-corrected chi connectivity index (χ3v) is 4.95. The molecule has 3 aromatic rings. The minimum Gasteiger partial charge on any atom is -0.368 e. The summed E-state index contributed by atoms with van der Waals surface area (Å²) in [7, 11) is -3.58. The van der Waals surface area contributed by atoms with Crippen LogP contribution in [0.15, 0.2) is 27.8 Å². The van der Waals surface area contributed by atoms with Crippen LogP contribution < -0.4 is 5.73 Å². The number of halogens is 2. The Hall–Kier alpha value is -1.34. The maximum absolute atomic E-state index is 11.6. The van der Waals surface area contributed by atoms with Crippen LogP contribution in [-0.4, -0.2) is 39.2 Å². The Balaban J connectivity index is 2.24. The van der Waals surface area contributed by atoms with E-state index in [-0.39, 0.29) is 16.9 Å². The highest BCUT2D eigenvalue weighted by atomic mass is 127. The Morgan fingerprint density at radius 1 is 1.27 bits per heavy atom. The summed E-state index contributed by atoms with van der Waals surface area (Å²) < 4.78 is 26.2. The SMILES string of the molecule is CS(=O)(=O)c1nc(N)n2nc(-c3ccc(Br)cc3I)nc2n1. The molecule has 0 aliphatic heterocycles. The van der Waals surface area contributed by atoms with E-state index in [1.165, 1.54) is 4.52 Å². The molecular weight excluding hydrogens is 487 g/mol. The number of benzene rings is 1. The Morgan fingerprint density at radius 2 is 2.00 bits per heavy atom. The minimum atomic E-state index is -3.58. The summed E-state index contributed by atoms with van der Waals surface area (Å²) in [6, 6.07) is 5.63. The highest BCUT2D eigenvalue weighted by Gasteiger charge is 2.18. The molecule has 2 N–H and O–H groups in total. The molecule has 0 aliphatic carbocycles. The van der Waals surface area contributed by atoms with Gasteiger partial charge >= 0.3 is 0 Å². The van der Waals surface area contributed by atoms with Gasteiger partial charge in [-0.25, -0.2) is 8.42 Å². The summed E-state index contributed by atoms with van der Waals surface area (Å²) >= 11 is 5.55. The normalized spacial score (nSPS) is 12.0. The van der Waals surface area contributed by atoms with Crippen molar-refractivity contribution in [2.75, 3.05) is 12.0 Å². The van der Waals surface area contributed by atoms with Crippen LogP contribution in [0.25, 0.3) is 17.2 Å². The van der Waals surface area contributed by atoms with E-state index in [4.69, 9.17) is 5.73 Å². The lowest BCUT2D eigenvalue weighted by atomic mass is 10.2. The molecule has 22 heavy (non-hydrogen) atoms. The van der Waals surface area contributed by atoms with Crippen molar-refractivity contribution in [3.8, 4) is 11.4 Å². The number of sulfone groups is 1. The Bertz CT molecular complexity index is 1000. The summed E-state index contributed by atoms with van der Waals surface area (Å²) in [6.45, 7) is 0. The Morgan fingerprint density at radius 3 is 2.64 bits per heavy atom. The number of nitrogen functional groups attached to an aromatic ring is 1. The second-order valence-electron chi connectivity index (χ2n) is 4.41. The molecule has 0 bridgehead atoms. The van der Waals surface area contributed by atoms with Crippen molar-refractivity contribution < 1.29 is 8.42 Å². The van der Waals surface area contributed by atoms with Crippen molar-refractivity contribution in [3.05, 3.63) is 26.2 Å². The van der Waals surface area contributed by atoms with Crippen molar-refractivity contribution in [2.45, 2.75) is 5.16 Å². The topological polar surface area (TPSA) is 116 Å². The molecular formula is C11H8BrIN6O2S. The molecule has 8 nitrogen and oxygen atoms in total. The number of fused-ring (bicyclic) bond motifs is 1. The first kappa shape index (κ1) is 15.6. The van der Waals surface area contributed by atoms with E-state index in [2.05, 4.69) is 58.6 Å². The molecule has 1 aromatic carbocycles. The molecule has 0 unspecified atom stereocenters. The maximum atomic E-state index is 11.6. The van der Waals surface area contributed by atoms with Crippen molar-refractivity contribution in [1.82, 2.24) is 24.6 Å². The van der Waals surface area contributed by atoms with Crippen LogP contribution in [0.2, 0.25) is 0 Å². The van der Waals surface area contributed by atoms with Gasteiger partial charge in [0.15, 0.2) is 5.82 Å². The van der Waals surface area contributed by atoms with Crippen molar-refractivity contribution in [3.63, 3.8) is 0 Å². The van der Waals surface area contributed by atoms with Gasteiger partial charge in [0, 0.05) is 19.9 Å². The van der Waals surface area contributed by atoms with Crippen LogP contribution in [0, 0.1) is 3.57 Å². The quantitative estimate of drug-likeness (QED) is 0.537. The molecule has 0 amide bonds. The number of nitrogens with two attached hydrogens (primary N) is 1. The minimum absolute atomic E-state index is 0.0849. The lowest BCUT2D eigenvalue weighted by Gasteiger charge is -2.00. The molecule has 0 atom stereocenters. The van der Waals surface area contributed by atoms with Gasteiger partial charge in [0.2, 0.25) is 15.8 Å². The van der Waals surface area contributed by atoms with Crippen LogP contribution >= 0.6 is 38.5 Å². The van der Waals surface area contributed by atoms with Crippen molar-refractivity contribution in [1.29, 1.82) is 0 Å². The van der Waals surface area contributed by atoms with Gasteiger partial charge in [-0.2, -0.15) is 19.5 Å². The molecule has 0 spiro atoms. The first-order chi connectivity index (χ1) is 10.3. The van der Waals surface area contributed by atoms with E-state index in [9.17, 15) is 8.42 Å². The number of anilines is 1. The Labute approximate surface area is 147 Å². The molecule has 0 aliphatic rings. The number of hydrogen-bond acceptors (Lipinski definition) is 7. The van der Waals surface area contributed by atoms with E-state index in [0.717, 1.165) is 19.9 Å². The van der Waals surface area contributed by atoms with E-state index < -0.39 is 9.84 Å². The van der Waals surface area contributed by atoms with Crippen LogP contribution in [0.4, 0.5) is 5.95 Å². The smallest absolute Gasteiger partial charge is 0.258 e. The highest BCUT2D eigenvalue weighted by molar-refractivity contribution is 14.1. The van der Waals surface area contributed by atoms with Crippen LogP contribution in [0.1, 0.15) is 0 Å². The molecule has 0 saturated heterocycles. The van der Waals surface area contributed by atoms with E-state index in [0.29, 0.717) is 5.82 Å². The van der Waals surface area contributed by atoms with Gasteiger partial charge in [-0.3, -0.25) is 0 Å². The molecule has 11 heteroatoms. The predicted octanol–water partition coefficient (Wildman–Crippen LogP) is 1.54. The fourth-order valence-corrected chi connectivity index (χ4v) is 3.79. The lowest BCUT2D eigenvalue weighted by Crippen LogP contribution is -2.11. The molecule has 0 saturated carbocycles. The molecule has 114 valence electrons. The Kier molecular flexibility index (Phi) is 3.81. The average Bonchev–Trinajstić information content (AvgIpc) is 2.81. The number of aromatic nitrogens is 5. The van der Waals surface area contributed by atoms with Crippen LogP contribution in [0.3, 0.4) is 0 Å². The molecule has 3 rings (SSSR count). The third kappa shape index (κ3) is 2.79. The summed E-state index contributed by atoms with van der Waals surface area (Å²) in [5.41, 5.74) is 6.53. The summed E-state index contributed by atoms with van der Waals surface area (Å²) in [5, 5.41) is 3.86. The van der Waals surface area contributed by atoms with Gasteiger partial charge in [0.05, 0.1) is 0 Å². The predicted molar refractivity (Wildman–Crippen MR) is 92.0 cm³/mol. The molecule has 0 radical (unpaired) electrons. The summed E-state index contributed by atoms with van der Waals surface area (Å²) in [6.07, 6.45) is 1.01. The zero-order valence-corrected chi connectivity index (χ0v) is 15.6. The highest BCUT2D eigenvalue weighted by Crippen LogP contribution is 2.26. The van der Waals surface area contributed by atoms with Gasteiger partial charge in [0.1, 0.15) is 0 Å². The van der Waals surface area contributed by atoms with E-state index >= 15 is 0 Å². The van der Waals surface area contributed by atoms with Crippen molar-refractivity contribution >= 4 is 60.1 Å². The largest absolute Gasteiger partial charge is 0.368 e. The zero-order chi connectivity index (χ0) is 16.1. The van der Waals surface area contributed by atoms with Gasteiger partial charge in [-0.15, -0.1) is 5.10 Å². The van der Waals surface area contributed by atoms with Crippen LogP contribution in [-0.2, 0) is 9.84 Å². The second-order valence-corrected chi connectivity index (χ2v) is 8.40. The zero-order valence-electron chi connectivity index (χ0n) is 11.0. The second kappa shape index (κ2) is 5.38. The molecule has 2 aromatic heterocycles. The van der Waals surface area contributed by atoms with Crippen molar-refractivity contribution in [2.24, 2.45) is 0 Å². The van der Waals surface area contributed by atoms with Crippen LogP contribution in [0.5, 0.6) is 0 Å². The van der Waals surface area contributed by atoms with Gasteiger partial charge in [-0.05, 0) is 40.8 Å². The lowest BCUT2D eigenvalue weighted by molar-refractivity contribution is 0.592. The van der Waals surface area contributed by atoms with E-state index in [1.54, 1.807) is 0 Å². The maximum Gasteiger partial charge on any atom is 0.258 e. The first-order valence-electron chi connectivity index (χ1n) is 5.81. The third-order valence-electron chi connectivity index (χ3n) is 2.72. The van der Waals surface area contributed by atoms with Gasteiger partial charge < -0.3 is 5.73 Å². The first-order valence-corrected chi connectivity index (χ1v) is 9.58. The molecule has 0 fully saturated rings. The van der Waals surface area contributed by atoms with E-state index in [1.807, 2.05) is 18.2 Å².